The average molecular weight is 373 g/mol. The van der Waals surface area contributed by atoms with Crippen LogP contribution in [0.5, 0.6) is 0 Å². The molecule has 8 heteroatoms. The van der Waals surface area contributed by atoms with Gasteiger partial charge >= 0.3 is 0 Å². The molecule has 0 radical (unpaired) electrons. The van der Waals surface area contributed by atoms with Crippen molar-refractivity contribution in [2.45, 2.75) is 44.0 Å². The van der Waals surface area contributed by atoms with E-state index in [0.29, 0.717) is 0 Å². The minimum atomic E-state index is -4.05. The summed E-state index contributed by atoms with van der Waals surface area (Å²) >= 11 is 12.0. The zero-order chi connectivity index (χ0) is 16.2. The molecule has 1 N–H and O–H groups in total. The van der Waals surface area contributed by atoms with E-state index >= 15 is 0 Å². The van der Waals surface area contributed by atoms with Gasteiger partial charge in [-0.1, -0.05) is 43.5 Å². The number of amides is 1. The van der Waals surface area contributed by atoms with Gasteiger partial charge in [0.1, 0.15) is 4.90 Å². The van der Waals surface area contributed by atoms with Crippen molar-refractivity contribution in [1.29, 1.82) is 0 Å². The normalized spacial score (nSPS) is 13.0. The molecule has 0 saturated heterocycles. The summed E-state index contributed by atoms with van der Waals surface area (Å²) in [5, 5.41) is 2.61. The second-order valence-corrected chi connectivity index (χ2v) is 7.86. The summed E-state index contributed by atoms with van der Waals surface area (Å²) in [6, 6.07) is 2.44. The minimum Gasteiger partial charge on any atom is -0.349 e. The van der Waals surface area contributed by atoms with Gasteiger partial charge in [-0.05, 0) is 25.0 Å². The van der Waals surface area contributed by atoms with E-state index < -0.39 is 15.0 Å². The molecular formula is C13H16Cl3NO3S. The van der Waals surface area contributed by atoms with Gasteiger partial charge in [-0.15, -0.1) is 0 Å². The second kappa shape index (κ2) is 7.68. The molecule has 0 aliphatic rings. The lowest BCUT2D eigenvalue weighted by Gasteiger charge is -2.17. The van der Waals surface area contributed by atoms with Crippen molar-refractivity contribution in [3.8, 4) is 0 Å². The lowest BCUT2D eigenvalue weighted by molar-refractivity contribution is 0.0934. The van der Waals surface area contributed by atoms with Crippen LogP contribution in [0, 0.1) is 0 Å². The van der Waals surface area contributed by atoms with Gasteiger partial charge in [0.25, 0.3) is 15.0 Å². The van der Waals surface area contributed by atoms with Crippen LogP contribution in [0.25, 0.3) is 0 Å². The Morgan fingerprint density at radius 3 is 2.38 bits per heavy atom. The standard InChI is InChI=1S/C13H16Cl3NO3S/c1-3-5-8(4-2)17-13(18)11-9(14)6-7-10(12(11)15)21(16,19)20/h6-8H,3-5H2,1-2H3,(H,17,18). The van der Waals surface area contributed by atoms with Crippen LogP contribution in [-0.4, -0.2) is 20.4 Å². The zero-order valence-corrected chi connectivity index (χ0v) is 14.7. The SMILES string of the molecule is CCCC(CC)NC(=O)c1c(Cl)ccc(S(=O)(=O)Cl)c1Cl. The van der Waals surface area contributed by atoms with Crippen LogP contribution >= 0.6 is 33.9 Å². The molecule has 21 heavy (non-hydrogen) atoms. The first kappa shape index (κ1) is 18.6. The van der Waals surface area contributed by atoms with Gasteiger partial charge in [-0.2, -0.15) is 0 Å². The van der Waals surface area contributed by atoms with Gasteiger partial charge in [0.05, 0.1) is 15.6 Å². The summed E-state index contributed by atoms with van der Waals surface area (Å²) in [4.78, 5) is 12.0. The van der Waals surface area contributed by atoms with Crippen LogP contribution in [0.1, 0.15) is 43.5 Å². The molecule has 0 aliphatic carbocycles. The molecule has 1 unspecified atom stereocenters. The molecule has 0 aliphatic heterocycles. The Morgan fingerprint density at radius 2 is 1.90 bits per heavy atom. The summed E-state index contributed by atoms with van der Waals surface area (Å²) in [6.45, 7) is 3.96. The number of nitrogens with one attached hydrogen (secondary N) is 1. The Labute approximate surface area is 139 Å². The van der Waals surface area contributed by atoms with Crippen molar-refractivity contribution in [2.75, 3.05) is 0 Å². The van der Waals surface area contributed by atoms with Gasteiger partial charge in [0.15, 0.2) is 0 Å². The average Bonchev–Trinajstić information content (AvgIpc) is 2.36. The highest BCUT2D eigenvalue weighted by atomic mass is 35.7. The third-order valence-corrected chi connectivity index (χ3v) is 5.19. The van der Waals surface area contributed by atoms with E-state index in [-0.39, 0.29) is 26.5 Å². The monoisotopic (exact) mass is 371 g/mol. The van der Waals surface area contributed by atoms with Crippen molar-refractivity contribution >= 4 is 48.8 Å². The smallest absolute Gasteiger partial charge is 0.262 e. The predicted molar refractivity (Wildman–Crippen MR) is 86.0 cm³/mol. The van der Waals surface area contributed by atoms with Crippen molar-refractivity contribution in [3.63, 3.8) is 0 Å². The predicted octanol–water partition coefficient (Wildman–Crippen LogP) is 4.23. The Kier molecular flexibility index (Phi) is 6.78. The maximum absolute atomic E-state index is 12.3. The highest BCUT2D eigenvalue weighted by Gasteiger charge is 2.24. The molecule has 0 aromatic heterocycles. The van der Waals surface area contributed by atoms with Crippen molar-refractivity contribution in [3.05, 3.63) is 27.7 Å². The number of carbonyl (C=O) groups excluding carboxylic acids is 1. The summed E-state index contributed by atoms with van der Waals surface area (Å²) in [6.07, 6.45) is 2.48. The third-order valence-electron chi connectivity index (χ3n) is 3.01. The second-order valence-electron chi connectivity index (χ2n) is 4.54. The van der Waals surface area contributed by atoms with Gasteiger partial charge in [-0.3, -0.25) is 4.79 Å². The lowest BCUT2D eigenvalue weighted by atomic mass is 10.1. The van der Waals surface area contributed by atoms with Gasteiger partial charge in [0, 0.05) is 16.7 Å². The van der Waals surface area contributed by atoms with E-state index in [1.807, 2.05) is 13.8 Å². The summed E-state index contributed by atoms with van der Waals surface area (Å²) in [5.74, 6) is -0.507. The van der Waals surface area contributed by atoms with Crippen LogP contribution in [0.4, 0.5) is 0 Å². The molecule has 1 aromatic carbocycles. The van der Waals surface area contributed by atoms with E-state index in [2.05, 4.69) is 5.32 Å². The molecule has 118 valence electrons. The molecule has 0 heterocycles. The third kappa shape index (κ3) is 4.74. The topological polar surface area (TPSA) is 63.2 Å². The van der Waals surface area contributed by atoms with Crippen LogP contribution in [0.15, 0.2) is 17.0 Å². The van der Waals surface area contributed by atoms with E-state index in [9.17, 15) is 13.2 Å². The Balaban J connectivity index is 3.21. The van der Waals surface area contributed by atoms with E-state index in [1.165, 1.54) is 12.1 Å². The molecule has 0 saturated carbocycles. The minimum absolute atomic E-state index is 0.0223. The first-order valence-corrected chi connectivity index (χ1v) is 9.52. The fraction of sp³-hybridized carbons (Fsp3) is 0.462. The maximum atomic E-state index is 12.3. The maximum Gasteiger partial charge on any atom is 0.262 e. The van der Waals surface area contributed by atoms with E-state index in [4.69, 9.17) is 33.9 Å². The Morgan fingerprint density at radius 1 is 1.29 bits per heavy atom. The molecule has 1 amide bonds. The quantitative estimate of drug-likeness (QED) is 0.760. The molecule has 0 fully saturated rings. The highest BCUT2D eigenvalue weighted by Crippen LogP contribution is 2.32. The van der Waals surface area contributed by atoms with Crippen LogP contribution < -0.4 is 5.32 Å². The van der Waals surface area contributed by atoms with Crippen LogP contribution in [0.2, 0.25) is 10.0 Å². The molecule has 1 atom stereocenters. The van der Waals surface area contributed by atoms with Crippen LogP contribution in [-0.2, 0) is 9.05 Å². The van der Waals surface area contributed by atoms with Gasteiger partial charge in [-0.25, -0.2) is 8.42 Å². The van der Waals surface area contributed by atoms with Gasteiger partial charge in [0.2, 0.25) is 0 Å². The fourth-order valence-corrected chi connectivity index (χ4v) is 3.81. The van der Waals surface area contributed by atoms with E-state index in [0.717, 1.165) is 19.3 Å². The summed E-state index contributed by atoms with van der Waals surface area (Å²) in [7, 11) is 1.24. The number of halogens is 3. The van der Waals surface area contributed by atoms with Gasteiger partial charge < -0.3 is 5.32 Å². The van der Waals surface area contributed by atoms with E-state index in [1.54, 1.807) is 0 Å². The number of carbonyl (C=O) groups is 1. The van der Waals surface area contributed by atoms with Crippen molar-refractivity contribution in [2.24, 2.45) is 0 Å². The Bertz CT molecular complexity index is 632. The summed E-state index contributed by atoms with van der Waals surface area (Å²) in [5.41, 5.74) is -0.0744. The first-order chi connectivity index (χ1) is 9.72. The van der Waals surface area contributed by atoms with Crippen molar-refractivity contribution in [1.82, 2.24) is 5.32 Å². The molecular weight excluding hydrogens is 357 g/mol. The number of hydrogen-bond donors (Lipinski definition) is 1. The number of hydrogen-bond acceptors (Lipinski definition) is 3. The Hall–Kier alpha value is -0.490. The zero-order valence-electron chi connectivity index (χ0n) is 11.6. The number of benzene rings is 1. The molecule has 0 spiro atoms. The molecule has 1 aromatic rings. The molecule has 4 nitrogen and oxygen atoms in total. The van der Waals surface area contributed by atoms with Crippen LogP contribution in [0.3, 0.4) is 0 Å². The number of rotatable bonds is 6. The fourth-order valence-electron chi connectivity index (χ4n) is 1.91. The van der Waals surface area contributed by atoms with Crippen molar-refractivity contribution < 1.29 is 13.2 Å². The summed E-state index contributed by atoms with van der Waals surface area (Å²) < 4.78 is 22.9. The largest absolute Gasteiger partial charge is 0.349 e. The molecule has 0 bridgehead atoms. The highest BCUT2D eigenvalue weighted by molar-refractivity contribution is 8.13. The lowest BCUT2D eigenvalue weighted by Crippen LogP contribution is -2.34. The molecule has 1 rings (SSSR count). The first-order valence-electron chi connectivity index (χ1n) is 6.45.